The Labute approximate surface area is 108 Å². The molecule has 7 heteroatoms. The topological polar surface area (TPSA) is 59.4 Å². The lowest BCUT2D eigenvalue weighted by Crippen LogP contribution is -2.39. The molecule has 0 amide bonds. The number of aliphatic carboxylic acids is 1. The van der Waals surface area contributed by atoms with Crippen LogP contribution in [0.2, 0.25) is 0 Å². The maximum absolute atomic E-state index is 12.3. The fraction of sp³-hybridized carbons (Fsp3) is 0.500. The van der Waals surface area contributed by atoms with Gasteiger partial charge in [0.1, 0.15) is 11.4 Å². The second-order valence-electron chi connectivity index (χ2n) is 5.08. The first kappa shape index (κ1) is 15.3. The summed E-state index contributed by atoms with van der Waals surface area (Å²) >= 11 is 0. The molecule has 0 saturated heterocycles. The second-order valence-corrected chi connectivity index (χ2v) is 5.08. The van der Waals surface area contributed by atoms with Gasteiger partial charge in [0.2, 0.25) is 0 Å². The van der Waals surface area contributed by atoms with Crippen molar-refractivity contribution in [1.82, 2.24) is 4.98 Å². The summed E-state index contributed by atoms with van der Waals surface area (Å²) in [4.78, 5) is 14.3. The zero-order valence-electron chi connectivity index (χ0n) is 10.7. The lowest BCUT2D eigenvalue weighted by Gasteiger charge is -2.27. The molecule has 4 nitrogen and oxygen atoms in total. The zero-order valence-corrected chi connectivity index (χ0v) is 10.7. The van der Waals surface area contributed by atoms with Crippen molar-refractivity contribution in [2.75, 3.05) is 0 Å². The van der Waals surface area contributed by atoms with Gasteiger partial charge in [-0.2, -0.15) is 13.2 Å². The Bertz CT molecular complexity index is 449. The van der Waals surface area contributed by atoms with Crippen LogP contribution in [0.5, 0.6) is 5.75 Å². The molecule has 1 atom stereocenters. The van der Waals surface area contributed by atoms with Crippen molar-refractivity contribution in [3.8, 4) is 5.75 Å². The Hall–Kier alpha value is -1.79. The van der Waals surface area contributed by atoms with Crippen LogP contribution in [0.3, 0.4) is 0 Å². The van der Waals surface area contributed by atoms with E-state index in [0.29, 0.717) is 0 Å². The molecule has 1 heterocycles. The van der Waals surface area contributed by atoms with E-state index < -0.39 is 29.4 Å². The summed E-state index contributed by atoms with van der Waals surface area (Å²) in [6.45, 7) is 4.97. The van der Waals surface area contributed by atoms with Gasteiger partial charge in [0, 0.05) is 5.41 Å². The third-order valence-corrected chi connectivity index (χ3v) is 2.29. The summed E-state index contributed by atoms with van der Waals surface area (Å²) < 4.78 is 42.1. The van der Waals surface area contributed by atoms with Gasteiger partial charge in [-0.1, -0.05) is 20.8 Å². The molecule has 0 aliphatic heterocycles. The normalized spacial score (nSPS) is 14.0. The minimum absolute atomic E-state index is 0.0182. The van der Waals surface area contributed by atoms with E-state index >= 15 is 0 Å². The quantitative estimate of drug-likeness (QED) is 0.922. The smallest absolute Gasteiger partial charge is 0.433 e. The summed E-state index contributed by atoms with van der Waals surface area (Å²) in [5.74, 6) is -1.21. The van der Waals surface area contributed by atoms with Crippen LogP contribution in [0, 0.1) is 5.41 Å². The van der Waals surface area contributed by atoms with Crippen LogP contribution < -0.4 is 4.74 Å². The molecule has 0 bridgehead atoms. The van der Waals surface area contributed by atoms with Crippen molar-refractivity contribution in [2.24, 2.45) is 5.41 Å². The lowest BCUT2D eigenvalue weighted by molar-refractivity contribution is -0.150. The molecule has 1 aromatic heterocycles. The number of nitrogens with zero attached hydrogens (tertiary/aromatic N) is 1. The predicted octanol–water partition coefficient (Wildman–Crippen LogP) is 2.98. The number of carbonyl (C=O) groups is 1. The van der Waals surface area contributed by atoms with E-state index in [1.165, 1.54) is 0 Å². The highest BCUT2D eigenvalue weighted by Gasteiger charge is 2.35. The molecule has 0 fully saturated rings. The van der Waals surface area contributed by atoms with Gasteiger partial charge in [0.15, 0.2) is 6.10 Å². The molecule has 0 aliphatic rings. The summed E-state index contributed by atoms with van der Waals surface area (Å²) in [5, 5.41) is 9.03. The standard InChI is InChI=1S/C12H14F3NO3/c1-11(2,3)9(10(17)18)19-7-4-5-8(16-6-7)12(13,14)15/h4-6,9H,1-3H3,(H,17,18). The minimum atomic E-state index is -4.53. The first-order valence-corrected chi connectivity index (χ1v) is 5.44. The third-order valence-electron chi connectivity index (χ3n) is 2.29. The van der Waals surface area contributed by atoms with Gasteiger partial charge in [0.05, 0.1) is 6.20 Å². The number of halogens is 3. The molecule has 106 valence electrons. The summed E-state index contributed by atoms with van der Waals surface area (Å²) in [5.41, 5.74) is -1.75. The Kier molecular flexibility index (Phi) is 4.07. The van der Waals surface area contributed by atoms with E-state index in [9.17, 15) is 18.0 Å². The van der Waals surface area contributed by atoms with Gasteiger partial charge >= 0.3 is 12.1 Å². The number of hydrogen-bond donors (Lipinski definition) is 1. The van der Waals surface area contributed by atoms with Gasteiger partial charge in [-0.05, 0) is 12.1 Å². The van der Waals surface area contributed by atoms with Gasteiger partial charge in [-0.15, -0.1) is 0 Å². The van der Waals surface area contributed by atoms with Crippen LogP contribution >= 0.6 is 0 Å². The van der Waals surface area contributed by atoms with Crippen LogP contribution in [-0.4, -0.2) is 22.2 Å². The molecule has 0 radical (unpaired) electrons. The molecular formula is C12H14F3NO3. The summed E-state index contributed by atoms with van der Waals surface area (Å²) in [6.07, 6.45) is -4.84. The molecule has 19 heavy (non-hydrogen) atoms. The molecule has 0 aromatic carbocycles. The van der Waals surface area contributed by atoms with Crippen molar-refractivity contribution in [2.45, 2.75) is 33.1 Å². The monoisotopic (exact) mass is 277 g/mol. The second kappa shape index (κ2) is 5.07. The van der Waals surface area contributed by atoms with Crippen LogP contribution in [0.25, 0.3) is 0 Å². The fourth-order valence-electron chi connectivity index (χ4n) is 1.35. The van der Waals surface area contributed by atoms with Crippen LogP contribution in [0.1, 0.15) is 26.5 Å². The molecule has 1 N–H and O–H groups in total. The predicted molar refractivity (Wildman–Crippen MR) is 60.7 cm³/mol. The summed E-state index contributed by atoms with van der Waals surface area (Å²) in [6, 6.07) is 1.80. The van der Waals surface area contributed by atoms with Crippen molar-refractivity contribution in [1.29, 1.82) is 0 Å². The van der Waals surface area contributed by atoms with Crippen molar-refractivity contribution >= 4 is 5.97 Å². The third kappa shape index (κ3) is 4.11. The van der Waals surface area contributed by atoms with Crippen molar-refractivity contribution in [3.63, 3.8) is 0 Å². The van der Waals surface area contributed by atoms with Gasteiger partial charge in [-0.3, -0.25) is 0 Å². The average Bonchev–Trinajstić information content (AvgIpc) is 2.23. The van der Waals surface area contributed by atoms with Crippen molar-refractivity contribution < 1.29 is 27.8 Å². The number of hydrogen-bond acceptors (Lipinski definition) is 3. The minimum Gasteiger partial charge on any atom is -0.478 e. The number of carboxylic acids is 1. The number of rotatable bonds is 3. The molecule has 1 unspecified atom stereocenters. The largest absolute Gasteiger partial charge is 0.478 e. The first-order chi connectivity index (χ1) is 8.51. The fourth-order valence-corrected chi connectivity index (χ4v) is 1.35. The number of ether oxygens (including phenoxy) is 1. The molecule has 0 spiro atoms. The number of alkyl halides is 3. The first-order valence-electron chi connectivity index (χ1n) is 5.44. The van der Waals surface area contributed by atoms with Crippen molar-refractivity contribution in [3.05, 3.63) is 24.0 Å². The molecule has 0 saturated carbocycles. The maximum Gasteiger partial charge on any atom is 0.433 e. The van der Waals surface area contributed by atoms with Crippen LogP contribution in [0.4, 0.5) is 13.2 Å². The average molecular weight is 277 g/mol. The molecule has 1 rings (SSSR count). The van der Waals surface area contributed by atoms with E-state index in [2.05, 4.69) is 4.98 Å². The molecular weight excluding hydrogens is 263 g/mol. The Morgan fingerprint density at radius 3 is 2.21 bits per heavy atom. The Morgan fingerprint density at radius 2 is 1.89 bits per heavy atom. The maximum atomic E-state index is 12.3. The SMILES string of the molecule is CC(C)(C)C(Oc1ccc(C(F)(F)F)nc1)C(=O)O. The highest BCUT2D eigenvalue weighted by Crippen LogP contribution is 2.29. The van der Waals surface area contributed by atoms with E-state index in [0.717, 1.165) is 18.3 Å². The van der Waals surface area contributed by atoms with Gasteiger partial charge < -0.3 is 9.84 Å². The van der Waals surface area contributed by atoms with E-state index in [1.807, 2.05) is 0 Å². The van der Waals surface area contributed by atoms with Crippen LogP contribution in [0.15, 0.2) is 18.3 Å². The van der Waals surface area contributed by atoms with Gasteiger partial charge in [-0.25, -0.2) is 9.78 Å². The number of pyridine rings is 1. The van der Waals surface area contributed by atoms with E-state index in [1.54, 1.807) is 20.8 Å². The Balaban J connectivity index is 2.91. The number of aromatic nitrogens is 1. The van der Waals surface area contributed by atoms with Gasteiger partial charge in [0.25, 0.3) is 0 Å². The Morgan fingerprint density at radius 1 is 1.32 bits per heavy atom. The van der Waals surface area contributed by atoms with E-state index in [4.69, 9.17) is 9.84 Å². The lowest BCUT2D eigenvalue weighted by atomic mass is 9.89. The molecule has 1 aromatic rings. The zero-order chi connectivity index (χ0) is 14.8. The van der Waals surface area contributed by atoms with E-state index in [-0.39, 0.29) is 5.75 Å². The highest BCUT2D eigenvalue weighted by atomic mass is 19.4. The highest BCUT2D eigenvalue weighted by molar-refractivity contribution is 5.73. The molecule has 0 aliphatic carbocycles. The number of carboxylic acid groups (broad SMARTS) is 1. The summed E-state index contributed by atoms with van der Waals surface area (Å²) in [7, 11) is 0. The van der Waals surface area contributed by atoms with Crippen LogP contribution in [-0.2, 0) is 11.0 Å².